The summed E-state index contributed by atoms with van der Waals surface area (Å²) in [6.45, 7) is 2.01. The van der Waals surface area contributed by atoms with Crippen LogP contribution in [0.25, 0.3) is 0 Å². The Kier molecular flexibility index (Phi) is 2.99. The van der Waals surface area contributed by atoms with Gasteiger partial charge in [-0.3, -0.25) is 4.79 Å². The van der Waals surface area contributed by atoms with Gasteiger partial charge >= 0.3 is 5.97 Å². The van der Waals surface area contributed by atoms with E-state index in [-0.39, 0.29) is 11.7 Å². The van der Waals surface area contributed by atoms with Crippen LogP contribution in [0.4, 0.5) is 0 Å². The zero-order chi connectivity index (χ0) is 12.6. The second kappa shape index (κ2) is 4.18. The standard InChI is InChI=1S/C11H12BrNO4/c1-11(10(15)16)4-2-5-13(11)9(14)8-7(12)3-6-17-8/h3,6H,2,4-5H2,1H3,(H,15,16). The van der Waals surface area contributed by atoms with E-state index in [1.165, 1.54) is 11.2 Å². The zero-order valence-electron chi connectivity index (χ0n) is 9.27. The average molecular weight is 302 g/mol. The average Bonchev–Trinajstić information content (AvgIpc) is 2.84. The Labute approximate surface area is 107 Å². The van der Waals surface area contributed by atoms with Gasteiger partial charge in [0, 0.05) is 6.54 Å². The molecule has 1 atom stereocenters. The molecule has 5 nitrogen and oxygen atoms in total. The molecule has 2 rings (SSSR count). The van der Waals surface area contributed by atoms with Crippen LogP contribution < -0.4 is 0 Å². The molecular weight excluding hydrogens is 290 g/mol. The Hall–Kier alpha value is -1.30. The Morgan fingerprint density at radius 3 is 2.82 bits per heavy atom. The monoisotopic (exact) mass is 301 g/mol. The summed E-state index contributed by atoms with van der Waals surface area (Å²) in [5.74, 6) is -1.21. The number of likely N-dealkylation sites (tertiary alicyclic amines) is 1. The summed E-state index contributed by atoms with van der Waals surface area (Å²) in [7, 11) is 0. The van der Waals surface area contributed by atoms with E-state index in [2.05, 4.69) is 15.9 Å². The minimum atomic E-state index is -1.14. The van der Waals surface area contributed by atoms with Gasteiger partial charge in [0.05, 0.1) is 10.7 Å². The molecule has 17 heavy (non-hydrogen) atoms. The van der Waals surface area contributed by atoms with Crippen LogP contribution in [0.15, 0.2) is 21.2 Å². The fraction of sp³-hybridized carbons (Fsp3) is 0.455. The molecule has 0 spiro atoms. The maximum Gasteiger partial charge on any atom is 0.329 e. The number of hydrogen-bond donors (Lipinski definition) is 1. The topological polar surface area (TPSA) is 70.8 Å². The smallest absolute Gasteiger partial charge is 0.329 e. The van der Waals surface area contributed by atoms with Gasteiger partial charge in [-0.15, -0.1) is 0 Å². The lowest BCUT2D eigenvalue weighted by Gasteiger charge is -2.30. The molecule has 2 heterocycles. The van der Waals surface area contributed by atoms with Gasteiger partial charge in [-0.25, -0.2) is 4.79 Å². The number of hydrogen-bond acceptors (Lipinski definition) is 3. The van der Waals surface area contributed by atoms with Crippen LogP contribution in [0.5, 0.6) is 0 Å². The number of carbonyl (C=O) groups is 2. The van der Waals surface area contributed by atoms with Crippen LogP contribution in [0.2, 0.25) is 0 Å². The molecule has 6 heteroatoms. The van der Waals surface area contributed by atoms with Crippen molar-refractivity contribution in [1.29, 1.82) is 0 Å². The maximum absolute atomic E-state index is 12.2. The second-order valence-electron chi connectivity index (χ2n) is 4.24. The molecule has 1 amide bonds. The van der Waals surface area contributed by atoms with Gasteiger partial charge in [0.1, 0.15) is 5.54 Å². The van der Waals surface area contributed by atoms with Gasteiger partial charge in [-0.05, 0) is 41.8 Å². The lowest BCUT2D eigenvalue weighted by molar-refractivity contribution is -0.147. The molecule has 1 fully saturated rings. The SMILES string of the molecule is CC1(C(=O)O)CCCN1C(=O)c1occc1Br. The van der Waals surface area contributed by atoms with E-state index in [0.29, 0.717) is 23.9 Å². The molecule has 92 valence electrons. The lowest BCUT2D eigenvalue weighted by Crippen LogP contribution is -2.50. The Bertz CT molecular complexity index is 470. The second-order valence-corrected chi connectivity index (χ2v) is 5.09. The first kappa shape index (κ1) is 12.2. The third-order valence-corrected chi connectivity index (χ3v) is 3.78. The van der Waals surface area contributed by atoms with Crippen molar-refractivity contribution in [3.05, 3.63) is 22.6 Å². The Morgan fingerprint density at radius 2 is 2.29 bits per heavy atom. The lowest BCUT2D eigenvalue weighted by atomic mass is 9.99. The number of halogens is 1. The first-order valence-electron chi connectivity index (χ1n) is 5.25. The summed E-state index contributed by atoms with van der Waals surface area (Å²) in [6, 6.07) is 1.61. The zero-order valence-corrected chi connectivity index (χ0v) is 10.9. The maximum atomic E-state index is 12.2. The summed E-state index contributed by atoms with van der Waals surface area (Å²) in [4.78, 5) is 24.8. The summed E-state index contributed by atoms with van der Waals surface area (Å²) in [6.07, 6.45) is 2.55. The summed E-state index contributed by atoms with van der Waals surface area (Å²) in [5, 5.41) is 9.22. The fourth-order valence-electron chi connectivity index (χ4n) is 2.08. The third kappa shape index (κ3) is 1.86. The largest absolute Gasteiger partial charge is 0.480 e. The van der Waals surface area contributed by atoms with Gasteiger partial charge < -0.3 is 14.4 Å². The molecular formula is C11H12BrNO4. The molecule has 0 radical (unpaired) electrons. The van der Waals surface area contributed by atoms with Crippen LogP contribution in [-0.4, -0.2) is 34.0 Å². The van der Waals surface area contributed by atoms with Crippen molar-refractivity contribution in [2.45, 2.75) is 25.3 Å². The number of aliphatic carboxylic acids is 1. The van der Waals surface area contributed by atoms with E-state index in [9.17, 15) is 14.7 Å². The first-order chi connectivity index (χ1) is 7.97. The number of furan rings is 1. The van der Waals surface area contributed by atoms with Gasteiger partial charge in [0.15, 0.2) is 0 Å². The molecule has 1 aromatic rings. The first-order valence-corrected chi connectivity index (χ1v) is 6.04. The van der Waals surface area contributed by atoms with Crippen molar-refractivity contribution in [2.24, 2.45) is 0 Å². The van der Waals surface area contributed by atoms with E-state index < -0.39 is 11.5 Å². The van der Waals surface area contributed by atoms with Crippen molar-refractivity contribution in [2.75, 3.05) is 6.54 Å². The molecule has 1 aliphatic heterocycles. The highest BCUT2D eigenvalue weighted by molar-refractivity contribution is 9.10. The molecule has 1 aliphatic rings. The Balaban J connectivity index is 2.32. The highest BCUT2D eigenvalue weighted by Crippen LogP contribution is 2.32. The van der Waals surface area contributed by atoms with E-state index in [1.807, 2.05) is 0 Å². The van der Waals surface area contributed by atoms with Crippen LogP contribution in [0.1, 0.15) is 30.3 Å². The quantitative estimate of drug-likeness (QED) is 0.908. The highest BCUT2D eigenvalue weighted by atomic mass is 79.9. The van der Waals surface area contributed by atoms with Crippen molar-refractivity contribution in [3.8, 4) is 0 Å². The molecule has 1 saturated heterocycles. The minimum absolute atomic E-state index is 0.152. The van der Waals surface area contributed by atoms with Crippen LogP contribution in [0.3, 0.4) is 0 Å². The molecule has 1 N–H and O–H groups in total. The highest BCUT2D eigenvalue weighted by Gasteiger charge is 2.47. The molecule has 0 aliphatic carbocycles. The number of amides is 1. The normalized spacial score (nSPS) is 24.0. The molecule has 0 bridgehead atoms. The number of carboxylic acids is 1. The van der Waals surface area contributed by atoms with Gasteiger partial charge in [0.25, 0.3) is 5.91 Å². The minimum Gasteiger partial charge on any atom is -0.480 e. The number of rotatable bonds is 2. The van der Waals surface area contributed by atoms with E-state index in [1.54, 1.807) is 13.0 Å². The summed E-state index contributed by atoms with van der Waals surface area (Å²) in [5.41, 5.74) is -1.14. The van der Waals surface area contributed by atoms with E-state index in [0.717, 1.165) is 0 Å². The van der Waals surface area contributed by atoms with Crippen molar-refractivity contribution in [1.82, 2.24) is 4.90 Å². The molecule has 0 aromatic carbocycles. The van der Waals surface area contributed by atoms with E-state index in [4.69, 9.17) is 4.42 Å². The number of carboxylic acid groups (broad SMARTS) is 1. The number of carbonyl (C=O) groups excluding carboxylic acids is 1. The summed E-state index contributed by atoms with van der Waals surface area (Å²) < 4.78 is 5.62. The Morgan fingerprint density at radius 1 is 1.59 bits per heavy atom. The molecule has 1 unspecified atom stereocenters. The van der Waals surface area contributed by atoms with Crippen molar-refractivity contribution >= 4 is 27.8 Å². The van der Waals surface area contributed by atoms with Crippen LogP contribution >= 0.6 is 15.9 Å². The molecule has 0 saturated carbocycles. The van der Waals surface area contributed by atoms with Gasteiger partial charge in [-0.2, -0.15) is 0 Å². The van der Waals surface area contributed by atoms with Crippen LogP contribution in [0, 0.1) is 0 Å². The predicted molar refractivity (Wildman–Crippen MR) is 62.7 cm³/mol. The van der Waals surface area contributed by atoms with Gasteiger partial charge in [-0.1, -0.05) is 0 Å². The fourth-order valence-corrected chi connectivity index (χ4v) is 2.45. The van der Waals surface area contributed by atoms with Crippen molar-refractivity contribution < 1.29 is 19.1 Å². The molecule has 1 aromatic heterocycles. The number of nitrogens with zero attached hydrogens (tertiary/aromatic N) is 1. The van der Waals surface area contributed by atoms with E-state index >= 15 is 0 Å². The van der Waals surface area contributed by atoms with Gasteiger partial charge in [0.2, 0.25) is 5.76 Å². The summed E-state index contributed by atoms with van der Waals surface area (Å²) >= 11 is 3.20. The predicted octanol–water partition coefficient (Wildman–Crippen LogP) is 2.12. The van der Waals surface area contributed by atoms with Crippen molar-refractivity contribution in [3.63, 3.8) is 0 Å². The third-order valence-electron chi connectivity index (χ3n) is 3.16. The van der Waals surface area contributed by atoms with Crippen LogP contribution in [-0.2, 0) is 4.79 Å².